The lowest BCUT2D eigenvalue weighted by Gasteiger charge is -2.12. The third-order valence-electron chi connectivity index (χ3n) is 2.44. The number of hydrogen-bond donors (Lipinski definition) is 2. The van der Waals surface area contributed by atoms with E-state index in [1.54, 1.807) is 6.26 Å². The molecule has 0 aliphatic heterocycles. The number of hydrogen-bond acceptors (Lipinski definition) is 6. The van der Waals surface area contributed by atoms with Gasteiger partial charge in [-0.25, -0.2) is 0 Å². The highest BCUT2D eigenvalue weighted by Crippen LogP contribution is 1.94. The molecule has 0 heterocycles. The molecule has 6 nitrogen and oxygen atoms in total. The van der Waals surface area contributed by atoms with Gasteiger partial charge in [0, 0.05) is 39.4 Å². The Kier molecular flexibility index (Phi) is 12.9. The van der Waals surface area contributed by atoms with Crippen LogP contribution in [-0.4, -0.2) is 80.8 Å². The van der Waals surface area contributed by atoms with Gasteiger partial charge in [-0.3, -0.25) is 8.42 Å². The van der Waals surface area contributed by atoms with Gasteiger partial charge in [0.05, 0.1) is 44.4 Å². The summed E-state index contributed by atoms with van der Waals surface area (Å²) in [6, 6.07) is 0. The summed E-state index contributed by atoms with van der Waals surface area (Å²) in [5.41, 5.74) is 0. The van der Waals surface area contributed by atoms with Crippen LogP contribution in [0.5, 0.6) is 0 Å². The maximum Gasteiger partial charge on any atom is 0.0888 e. The summed E-state index contributed by atoms with van der Waals surface area (Å²) in [7, 11) is -2.13. The van der Waals surface area contributed by atoms with Gasteiger partial charge in [-0.05, 0) is 6.42 Å². The smallest absolute Gasteiger partial charge is 0.0888 e. The first-order valence-corrected chi connectivity index (χ1v) is 9.83. The minimum absolute atomic E-state index is 0.0979. The van der Waals surface area contributed by atoms with Gasteiger partial charge in [-0.15, -0.1) is 0 Å². The minimum atomic E-state index is -1.17. The first-order valence-electron chi connectivity index (χ1n) is 6.62. The first kappa shape index (κ1) is 20.1. The third-order valence-corrected chi connectivity index (χ3v) is 4.89. The summed E-state index contributed by atoms with van der Waals surface area (Å²) in [6.07, 6.45) is 0.967. The van der Waals surface area contributed by atoms with Crippen LogP contribution in [0.15, 0.2) is 0 Å². The summed E-state index contributed by atoms with van der Waals surface area (Å²) in [4.78, 5) is 0. The zero-order chi connectivity index (χ0) is 15.4. The fraction of sp³-hybridized carbons (Fsp3) is 1.00. The summed E-state index contributed by atoms with van der Waals surface area (Å²) >= 11 is 0. The van der Waals surface area contributed by atoms with Crippen molar-refractivity contribution in [3.63, 3.8) is 0 Å². The molecular weight excluding hydrogens is 304 g/mol. The van der Waals surface area contributed by atoms with Crippen molar-refractivity contribution in [2.45, 2.75) is 25.6 Å². The van der Waals surface area contributed by atoms with Crippen LogP contribution in [0, 0.1) is 0 Å². The summed E-state index contributed by atoms with van der Waals surface area (Å²) in [6.45, 7) is 2.91. The van der Waals surface area contributed by atoms with Gasteiger partial charge < -0.3 is 19.7 Å². The Hall–Kier alpha value is 0.140. The van der Waals surface area contributed by atoms with Gasteiger partial charge in [0.15, 0.2) is 0 Å². The van der Waals surface area contributed by atoms with Gasteiger partial charge in [-0.1, -0.05) is 6.92 Å². The van der Waals surface area contributed by atoms with Crippen LogP contribution in [-0.2, 0) is 31.1 Å². The van der Waals surface area contributed by atoms with Crippen LogP contribution in [0.3, 0.4) is 0 Å². The molecule has 0 rings (SSSR count). The molecule has 8 heteroatoms. The zero-order valence-corrected chi connectivity index (χ0v) is 13.8. The van der Waals surface area contributed by atoms with E-state index in [0.29, 0.717) is 31.1 Å². The molecule has 0 spiro atoms. The van der Waals surface area contributed by atoms with Crippen LogP contribution >= 0.6 is 0 Å². The maximum atomic E-state index is 11.5. The van der Waals surface area contributed by atoms with E-state index in [4.69, 9.17) is 9.47 Å². The molecule has 122 valence electrons. The normalized spacial score (nSPS) is 17.6. The van der Waals surface area contributed by atoms with Crippen molar-refractivity contribution in [1.82, 2.24) is 0 Å². The first-order chi connectivity index (χ1) is 9.45. The highest BCUT2D eigenvalue weighted by Gasteiger charge is 2.10. The van der Waals surface area contributed by atoms with Crippen LogP contribution in [0.4, 0.5) is 0 Å². The molecule has 0 fully saturated rings. The van der Waals surface area contributed by atoms with E-state index in [0.717, 1.165) is 0 Å². The molecule has 0 aromatic rings. The Bertz CT molecular complexity index is 287. The number of ether oxygens (including phenoxy) is 2. The van der Waals surface area contributed by atoms with Crippen molar-refractivity contribution in [3.05, 3.63) is 0 Å². The lowest BCUT2D eigenvalue weighted by Crippen LogP contribution is -2.26. The summed E-state index contributed by atoms with van der Waals surface area (Å²) < 4.78 is 32.7. The van der Waals surface area contributed by atoms with Gasteiger partial charge in [0.1, 0.15) is 0 Å². The predicted octanol–water partition coefficient (Wildman–Crippen LogP) is -0.721. The molecule has 4 unspecified atom stereocenters. The highest BCUT2D eigenvalue weighted by atomic mass is 32.2. The second-order valence-electron chi connectivity index (χ2n) is 4.45. The van der Waals surface area contributed by atoms with Gasteiger partial charge >= 0.3 is 0 Å². The van der Waals surface area contributed by atoms with Crippen molar-refractivity contribution >= 4 is 21.6 Å². The van der Waals surface area contributed by atoms with Crippen molar-refractivity contribution < 1.29 is 28.1 Å². The van der Waals surface area contributed by atoms with E-state index >= 15 is 0 Å². The van der Waals surface area contributed by atoms with Gasteiger partial charge in [0.25, 0.3) is 0 Å². The SMILES string of the molecule is CCC(O)COCCOCC(O)CS(=O)CCS(C)=O. The van der Waals surface area contributed by atoms with Crippen molar-refractivity contribution in [3.8, 4) is 0 Å². The van der Waals surface area contributed by atoms with Crippen LogP contribution < -0.4 is 0 Å². The molecule has 0 aliphatic carbocycles. The average Bonchev–Trinajstić information content (AvgIpc) is 2.39. The largest absolute Gasteiger partial charge is 0.391 e. The Morgan fingerprint density at radius 1 is 1.00 bits per heavy atom. The number of aliphatic hydroxyl groups excluding tert-OH is 2. The molecule has 0 amide bonds. The summed E-state index contributed by atoms with van der Waals surface area (Å²) in [5, 5.41) is 18.8. The topological polar surface area (TPSA) is 93.1 Å². The molecule has 0 saturated carbocycles. The molecule has 0 bridgehead atoms. The van der Waals surface area contributed by atoms with E-state index in [2.05, 4.69) is 0 Å². The predicted molar refractivity (Wildman–Crippen MR) is 80.8 cm³/mol. The molecule has 20 heavy (non-hydrogen) atoms. The molecule has 4 atom stereocenters. The van der Waals surface area contributed by atoms with Gasteiger partial charge in [0.2, 0.25) is 0 Å². The Labute approximate surface area is 125 Å². The van der Waals surface area contributed by atoms with Gasteiger partial charge in [-0.2, -0.15) is 0 Å². The average molecular weight is 330 g/mol. The highest BCUT2D eigenvalue weighted by molar-refractivity contribution is 7.88. The summed E-state index contributed by atoms with van der Waals surface area (Å²) in [5.74, 6) is 0.846. The van der Waals surface area contributed by atoms with Crippen LogP contribution in [0.1, 0.15) is 13.3 Å². The monoisotopic (exact) mass is 330 g/mol. The number of rotatable bonds is 13. The van der Waals surface area contributed by atoms with Crippen molar-refractivity contribution in [2.24, 2.45) is 0 Å². The molecule has 0 radical (unpaired) electrons. The fourth-order valence-electron chi connectivity index (χ4n) is 1.23. The standard InChI is InChI=1S/C12H26O6S2/c1-3-11(13)8-17-4-5-18-9-12(14)10-20(16)7-6-19(2)15/h11-14H,3-10H2,1-2H3. The quantitative estimate of drug-likeness (QED) is 0.433. The maximum absolute atomic E-state index is 11.5. The molecule has 2 N–H and O–H groups in total. The van der Waals surface area contributed by atoms with E-state index in [1.165, 1.54) is 0 Å². The molecule has 0 saturated heterocycles. The van der Waals surface area contributed by atoms with Crippen molar-refractivity contribution in [1.29, 1.82) is 0 Å². The van der Waals surface area contributed by atoms with E-state index in [-0.39, 0.29) is 19.0 Å². The second kappa shape index (κ2) is 12.8. The third kappa shape index (κ3) is 13.1. The van der Waals surface area contributed by atoms with Crippen LogP contribution in [0.25, 0.3) is 0 Å². The second-order valence-corrected chi connectivity index (χ2v) is 7.63. The molecule has 0 aliphatic rings. The fourth-order valence-corrected chi connectivity index (χ4v) is 3.61. The van der Waals surface area contributed by atoms with Crippen molar-refractivity contribution in [2.75, 3.05) is 49.9 Å². The zero-order valence-electron chi connectivity index (χ0n) is 12.2. The molecule has 0 aromatic carbocycles. The lowest BCUT2D eigenvalue weighted by molar-refractivity contribution is -0.0135. The molecular formula is C12H26O6S2. The minimum Gasteiger partial charge on any atom is -0.391 e. The lowest BCUT2D eigenvalue weighted by atomic mass is 10.3. The van der Waals surface area contributed by atoms with E-state index < -0.39 is 33.8 Å². The Morgan fingerprint density at radius 3 is 2.05 bits per heavy atom. The Balaban J connectivity index is 3.46. The van der Waals surface area contributed by atoms with E-state index in [9.17, 15) is 18.6 Å². The Morgan fingerprint density at radius 2 is 1.55 bits per heavy atom. The van der Waals surface area contributed by atoms with E-state index in [1.807, 2.05) is 6.92 Å². The number of aliphatic hydroxyl groups is 2. The molecule has 0 aromatic heterocycles. The van der Waals surface area contributed by atoms with Crippen LogP contribution in [0.2, 0.25) is 0 Å².